The number of thiophene rings is 1. The molecule has 0 fully saturated rings. The van der Waals surface area contributed by atoms with Gasteiger partial charge in [-0.2, -0.15) is 0 Å². The molecule has 0 unspecified atom stereocenters. The van der Waals surface area contributed by atoms with Gasteiger partial charge >= 0.3 is 5.97 Å². The van der Waals surface area contributed by atoms with E-state index in [9.17, 15) is 9.59 Å². The molecule has 0 atom stereocenters. The zero-order valence-corrected chi connectivity index (χ0v) is 10.6. The zero-order valence-electron chi connectivity index (χ0n) is 8.99. The summed E-state index contributed by atoms with van der Waals surface area (Å²) < 4.78 is 0. The monoisotopic (exact) mass is 280 g/mol. The first-order valence-electron chi connectivity index (χ1n) is 4.82. The lowest BCUT2D eigenvalue weighted by atomic mass is 10.3. The van der Waals surface area contributed by atoms with Crippen molar-refractivity contribution >= 4 is 35.0 Å². The number of amides is 1. The first-order valence-corrected chi connectivity index (χ1v) is 6.51. The van der Waals surface area contributed by atoms with Gasteiger partial charge in [-0.3, -0.25) is 9.78 Å². The number of hydrogen-bond donors (Lipinski definition) is 2. The molecule has 0 saturated carbocycles. The van der Waals surface area contributed by atoms with Crippen LogP contribution in [0.3, 0.4) is 0 Å². The fourth-order valence-electron chi connectivity index (χ4n) is 1.23. The third-order valence-electron chi connectivity index (χ3n) is 2.01. The van der Waals surface area contributed by atoms with Crippen LogP contribution in [0.5, 0.6) is 0 Å². The van der Waals surface area contributed by atoms with Crippen molar-refractivity contribution in [2.75, 3.05) is 0 Å². The van der Waals surface area contributed by atoms with Crippen LogP contribution in [0.25, 0.3) is 0 Å². The molecule has 0 aromatic carbocycles. The molecule has 0 bridgehead atoms. The number of hydrogen-bond acceptors (Lipinski definition) is 5. The minimum Gasteiger partial charge on any atom is -0.477 e. The standard InChI is InChI=1S/C11H8N2O3S2/c12-10(14)8-3-6(1-2-13-8)18-7-4-9(11(15)16)17-5-7/h1-5H,(H2,12,14)(H,15,16). The Morgan fingerprint density at radius 2 is 2.11 bits per heavy atom. The molecule has 0 saturated heterocycles. The maximum absolute atomic E-state index is 11.0. The Hall–Kier alpha value is -1.86. The normalized spacial score (nSPS) is 10.2. The van der Waals surface area contributed by atoms with Gasteiger partial charge in [0.15, 0.2) is 0 Å². The molecular formula is C11H8N2O3S2. The van der Waals surface area contributed by atoms with Crippen LogP contribution < -0.4 is 5.73 Å². The molecule has 2 aromatic rings. The molecule has 7 heteroatoms. The van der Waals surface area contributed by atoms with Crippen molar-refractivity contribution in [3.8, 4) is 0 Å². The van der Waals surface area contributed by atoms with Crippen molar-refractivity contribution in [3.05, 3.63) is 40.3 Å². The summed E-state index contributed by atoms with van der Waals surface area (Å²) in [5.74, 6) is -1.53. The molecular weight excluding hydrogens is 272 g/mol. The first kappa shape index (κ1) is 12.6. The number of carbonyl (C=O) groups excluding carboxylic acids is 1. The molecule has 2 heterocycles. The van der Waals surface area contributed by atoms with E-state index in [1.165, 1.54) is 18.0 Å². The Kier molecular flexibility index (Phi) is 3.63. The van der Waals surface area contributed by atoms with E-state index >= 15 is 0 Å². The van der Waals surface area contributed by atoms with E-state index in [1.54, 1.807) is 23.6 Å². The second-order valence-electron chi connectivity index (χ2n) is 3.29. The molecule has 2 aromatic heterocycles. The summed E-state index contributed by atoms with van der Waals surface area (Å²) in [5, 5.41) is 10.6. The molecule has 0 aliphatic rings. The fourth-order valence-corrected chi connectivity index (χ4v) is 3.00. The molecule has 18 heavy (non-hydrogen) atoms. The maximum Gasteiger partial charge on any atom is 0.345 e. The lowest BCUT2D eigenvalue weighted by Crippen LogP contribution is -2.12. The molecule has 5 nitrogen and oxygen atoms in total. The van der Waals surface area contributed by atoms with Crippen molar-refractivity contribution in [1.29, 1.82) is 0 Å². The minimum absolute atomic E-state index is 0.189. The Morgan fingerprint density at radius 3 is 2.72 bits per heavy atom. The average molecular weight is 280 g/mol. The van der Waals surface area contributed by atoms with Crippen molar-refractivity contribution in [1.82, 2.24) is 4.98 Å². The lowest BCUT2D eigenvalue weighted by molar-refractivity contribution is 0.0701. The van der Waals surface area contributed by atoms with E-state index in [0.717, 1.165) is 21.1 Å². The molecule has 0 aliphatic carbocycles. The van der Waals surface area contributed by atoms with Crippen molar-refractivity contribution < 1.29 is 14.7 Å². The van der Waals surface area contributed by atoms with Crippen LogP contribution in [0.4, 0.5) is 0 Å². The Balaban J connectivity index is 2.20. The number of nitrogens with two attached hydrogens (primary N) is 1. The third-order valence-corrected chi connectivity index (χ3v) is 4.03. The van der Waals surface area contributed by atoms with Gasteiger partial charge in [0.05, 0.1) is 0 Å². The summed E-state index contributed by atoms with van der Waals surface area (Å²) in [4.78, 5) is 27.4. The van der Waals surface area contributed by atoms with Gasteiger partial charge in [0.1, 0.15) is 10.6 Å². The Morgan fingerprint density at radius 1 is 1.33 bits per heavy atom. The van der Waals surface area contributed by atoms with Crippen LogP contribution in [-0.2, 0) is 0 Å². The highest BCUT2D eigenvalue weighted by Crippen LogP contribution is 2.31. The van der Waals surface area contributed by atoms with E-state index in [-0.39, 0.29) is 10.6 Å². The van der Waals surface area contributed by atoms with Crippen LogP contribution >= 0.6 is 23.1 Å². The van der Waals surface area contributed by atoms with Gasteiger partial charge in [-0.1, -0.05) is 11.8 Å². The quantitative estimate of drug-likeness (QED) is 0.894. The minimum atomic E-state index is -0.945. The zero-order chi connectivity index (χ0) is 13.1. The Bertz CT molecular complexity index is 610. The molecule has 3 N–H and O–H groups in total. The lowest BCUT2D eigenvalue weighted by Gasteiger charge is -2.00. The van der Waals surface area contributed by atoms with Gasteiger partial charge in [0.25, 0.3) is 5.91 Å². The Labute approximate surface area is 111 Å². The van der Waals surface area contributed by atoms with Crippen LogP contribution in [0.1, 0.15) is 20.2 Å². The van der Waals surface area contributed by atoms with E-state index < -0.39 is 11.9 Å². The summed E-state index contributed by atoms with van der Waals surface area (Å²) in [6.07, 6.45) is 1.49. The smallest absolute Gasteiger partial charge is 0.345 e. The first-order chi connectivity index (χ1) is 8.56. The molecule has 0 radical (unpaired) electrons. The number of carboxylic acid groups (broad SMARTS) is 1. The largest absolute Gasteiger partial charge is 0.477 e. The van der Waals surface area contributed by atoms with Crippen molar-refractivity contribution in [2.24, 2.45) is 5.73 Å². The average Bonchev–Trinajstić information content (AvgIpc) is 2.78. The molecule has 92 valence electrons. The van der Waals surface area contributed by atoms with Gasteiger partial charge < -0.3 is 10.8 Å². The van der Waals surface area contributed by atoms with Gasteiger partial charge in [-0.25, -0.2) is 4.79 Å². The summed E-state index contributed by atoms with van der Waals surface area (Å²) in [7, 11) is 0. The molecule has 0 aliphatic heterocycles. The highest BCUT2D eigenvalue weighted by Gasteiger charge is 2.09. The maximum atomic E-state index is 11.0. The number of carboxylic acids is 1. The number of aromatic carboxylic acids is 1. The SMILES string of the molecule is NC(=O)c1cc(Sc2csc(C(=O)O)c2)ccn1. The predicted molar refractivity (Wildman–Crippen MR) is 68.2 cm³/mol. The fraction of sp³-hybridized carbons (Fsp3) is 0. The van der Waals surface area contributed by atoms with Gasteiger partial charge in [0.2, 0.25) is 0 Å². The van der Waals surface area contributed by atoms with Crippen LogP contribution in [0.2, 0.25) is 0 Å². The number of aromatic nitrogens is 1. The highest BCUT2D eigenvalue weighted by atomic mass is 32.2. The van der Waals surface area contributed by atoms with Gasteiger partial charge in [0, 0.05) is 21.4 Å². The van der Waals surface area contributed by atoms with E-state index in [0.29, 0.717) is 0 Å². The van der Waals surface area contributed by atoms with E-state index in [2.05, 4.69) is 4.98 Å². The summed E-state index contributed by atoms with van der Waals surface area (Å²) >= 11 is 2.52. The summed E-state index contributed by atoms with van der Waals surface area (Å²) in [6.45, 7) is 0. The van der Waals surface area contributed by atoms with Crippen LogP contribution in [-0.4, -0.2) is 22.0 Å². The number of primary amides is 1. The topological polar surface area (TPSA) is 93.3 Å². The highest BCUT2D eigenvalue weighted by molar-refractivity contribution is 7.99. The molecule has 1 amide bonds. The van der Waals surface area contributed by atoms with Gasteiger partial charge in [-0.05, 0) is 18.2 Å². The van der Waals surface area contributed by atoms with E-state index in [4.69, 9.17) is 10.8 Å². The van der Waals surface area contributed by atoms with Crippen LogP contribution in [0, 0.1) is 0 Å². The summed E-state index contributed by atoms with van der Waals surface area (Å²) in [5.41, 5.74) is 5.32. The number of carbonyl (C=O) groups is 2. The van der Waals surface area contributed by atoms with Gasteiger partial charge in [-0.15, -0.1) is 11.3 Å². The van der Waals surface area contributed by atoms with Crippen molar-refractivity contribution in [3.63, 3.8) is 0 Å². The summed E-state index contributed by atoms with van der Waals surface area (Å²) in [6, 6.07) is 4.89. The van der Waals surface area contributed by atoms with E-state index in [1.807, 2.05) is 0 Å². The van der Waals surface area contributed by atoms with Crippen molar-refractivity contribution in [2.45, 2.75) is 9.79 Å². The predicted octanol–water partition coefficient (Wildman–Crippen LogP) is 2.09. The van der Waals surface area contributed by atoms with Crippen LogP contribution in [0.15, 0.2) is 39.6 Å². The second kappa shape index (κ2) is 5.19. The molecule has 2 rings (SSSR count). The third kappa shape index (κ3) is 2.88. The number of rotatable bonds is 4. The number of nitrogens with zero attached hydrogens (tertiary/aromatic N) is 1. The second-order valence-corrected chi connectivity index (χ2v) is 5.35. The molecule has 0 spiro atoms. The number of pyridine rings is 1.